The number of ether oxygens (including phenoxy) is 1. The minimum absolute atomic E-state index is 0.0136. The molecule has 0 radical (unpaired) electrons. The molecule has 4 aliphatic rings. The lowest BCUT2D eigenvalue weighted by Gasteiger charge is -2.60. The minimum Gasteiger partial charge on any atom is -0.453 e. The van der Waals surface area contributed by atoms with E-state index in [1.54, 1.807) is 25.6 Å². The van der Waals surface area contributed by atoms with Crippen LogP contribution >= 0.6 is 15.9 Å². The van der Waals surface area contributed by atoms with Gasteiger partial charge in [-0.2, -0.15) is 0 Å². The van der Waals surface area contributed by atoms with Gasteiger partial charge >= 0.3 is 5.97 Å². The molecule has 4 bridgehead atoms. The van der Waals surface area contributed by atoms with Crippen LogP contribution in [0.1, 0.15) is 57.6 Å². The Morgan fingerprint density at radius 3 is 2.44 bits per heavy atom. The second kappa shape index (κ2) is 8.40. The van der Waals surface area contributed by atoms with Gasteiger partial charge in [-0.3, -0.25) is 19.1 Å². The van der Waals surface area contributed by atoms with Crippen molar-refractivity contribution in [3.8, 4) is 5.69 Å². The molecule has 1 heterocycles. The van der Waals surface area contributed by atoms with E-state index in [4.69, 9.17) is 4.74 Å². The Morgan fingerprint density at radius 2 is 1.82 bits per heavy atom. The fourth-order valence-corrected chi connectivity index (χ4v) is 8.59. The average molecular weight is 530 g/mol. The van der Waals surface area contributed by atoms with E-state index in [1.165, 1.54) is 23.9 Å². The first kappa shape index (κ1) is 23.4. The zero-order valence-electron chi connectivity index (χ0n) is 20.0. The van der Waals surface area contributed by atoms with Gasteiger partial charge in [0, 0.05) is 11.4 Å². The molecule has 0 spiro atoms. The highest BCUT2D eigenvalue weighted by atomic mass is 79.9. The number of aromatic nitrogens is 2. The lowest BCUT2D eigenvalue weighted by atomic mass is 9.49. The number of amides is 1. The SMILES string of the molecule is Cc1c(NC(=O)C(C)OC(=O)CC23CC4CC(CC(Br)(C4)C2)C3)c(=O)n(-c2ccccc2)n1C. The van der Waals surface area contributed by atoms with E-state index in [0.29, 0.717) is 29.6 Å². The van der Waals surface area contributed by atoms with Crippen molar-refractivity contribution in [2.45, 2.75) is 69.2 Å². The average Bonchev–Trinajstić information content (AvgIpc) is 2.95. The number of anilines is 1. The molecule has 0 aliphatic heterocycles. The van der Waals surface area contributed by atoms with Crippen LogP contribution in [-0.4, -0.2) is 31.7 Å². The largest absolute Gasteiger partial charge is 0.453 e. The fourth-order valence-electron chi connectivity index (χ4n) is 7.08. The van der Waals surface area contributed by atoms with Gasteiger partial charge in [-0.1, -0.05) is 34.1 Å². The highest BCUT2D eigenvalue weighted by Gasteiger charge is 2.57. The summed E-state index contributed by atoms with van der Waals surface area (Å²) in [5.74, 6) is 0.540. The van der Waals surface area contributed by atoms with Gasteiger partial charge in [0.2, 0.25) is 0 Å². The summed E-state index contributed by atoms with van der Waals surface area (Å²) in [6, 6.07) is 9.25. The van der Waals surface area contributed by atoms with Gasteiger partial charge in [0.05, 0.1) is 17.8 Å². The van der Waals surface area contributed by atoms with Gasteiger partial charge in [-0.25, -0.2) is 4.68 Å². The molecule has 3 unspecified atom stereocenters. The van der Waals surface area contributed by atoms with Crippen molar-refractivity contribution in [3.63, 3.8) is 0 Å². The molecule has 1 amide bonds. The molecule has 6 rings (SSSR count). The summed E-state index contributed by atoms with van der Waals surface area (Å²) < 4.78 is 8.95. The maximum absolute atomic E-state index is 13.1. The molecule has 1 aromatic heterocycles. The monoisotopic (exact) mass is 529 g/mol. The maximum Gasteiger partial charge on any atom is 0.307 e. The molecule has 4 saturated carbocycles. The minimum atomic E-state index is -0.983. The molecule has 4 aliphatic carbocycles. The summed E-state index contributed by atoms with van der Waals surface area (Å²) >= 11 is 3.98. The summed E-state index contributed by atoms with van der Waals surface area (Å²) in [5.41, 5.74) is 1.19. The summed E-state index contributed by atoms with van der Waals surface area (Å²) in [6.07, 6.45) is 6.22. The number of rotatable bonds is 6. The molecule has 3 atom stereocenters. The Labute approximate surface area is 208 Å². The van der Waals surface area contributed by atoms with Crippen LogP contribution in [0.2, 0.25) is 0 Å². The van der Waals surface area contributed by atoms with E-state index < -0.39 is 12.0 Å². The third-order valence-corrected chi connectivity index (χ3v) is 9.04. The van der Waals surface area contributed by atoms with Crippen molar-refractivity contribution in [3.05, 3.63) is 46.4 Å². The first-order valence-electron chi connectivity index (χ1n) is 12.1. The number of hydrogen-bond acceptors (Lipinski definition) is 4. The summed E-state index contributed by atoms with van der Waals surface area (Å²) in [5, 5.41) is 2.70. The van der Waals surface area contributed by atoms with Gasteiger partial charge in [0.1, 0.15) is 5.69 Å². The molecule has 1 aromatic carbocycles. The molecular formula is C26H32BrN3O4. The first-order valence-corrected chi connectivity index (χ1v) is 12.9. The molecule has 2 aromatic rings. The predicted octanol–water partition coefficient (Wildman–Crippen LogP) is 4.48. The third-order valence-electron chi connectivity index (χ3n) is 8.11. The van der Waals surface area contributed by atoms with E-state index in [-0.39, 0.29) is 27.0 Å². The molecular weight excluding hydrogens is 498 g/mol. The van der Waals surface area contributed by atoms with Crippen LogP contribution in [0.5, 0.6) is 0 Å². The fraction of sp³-hybridized carbons (Fsp3) is 0.577. The number of alkyl halides is 1. The van der Waals surface area contributed by atoms with Gasteiger partial charge in [0.25, 0.3) is 11.5 Å². The number of nitrogens with one attached hydrogen (secondary N) is 1. The Hall–Kier alpha value is -2.35. The Kier molecular flexibility index (Phi) is 5.78. The lowest BCUT2D eigenvalue weighted by Crippen LogP contribution is -2.53. The van der Waals surface area contributed by atoms with E-state index in [1.807, 2.05) is 30.3 Å². The van der Waals surface area contributed by atoms with Crippen LogP contribution in [0.4, 0.5) is 5.69 Å². The number of nitrogens with zero attached hydrogens (tertiary/aromatic N) is 2. The molecule has 8 heteroatoms. The molecule has 182 valence electrons. The normalized spacial score (nSPS) is 30.2. The van der Waals surface area contributed by atoms with Crippen LogP contribution in [0.3, 0.4) is 0 Å². The Morgan fingerprint density at radius 1 is 1.18 bits per heavy atom. The quantitative estimate of drug-likeness (QED) is 0.441. The van der Waals surface area contributed by atoms with E-state index in [2.05, 4.69) is 21.2 Å². The second-order valence-corrected chi connectivity index (χ2v) is 12.5. The van der Waals surface area contributed by atoms with Crippen molar-refractivity contribution >= 4 is 33.5 Å². The lowest BCUT2D eigenvalue weighted by molar-refractivity contribution is -0.159. The highest BCUT2D eigenvalue weighted by Crippen LogP contribution is 2.65. The first-order chi connectivity index (χ1) is 16.1. The second-order valence-electron chi connectivity index (χ2n) is 10.8. The van der Waals surface area contributed by atoms with Crippen LogP contribution < -0.4 is 10.9 Å². The predicted molar refractivity (Wildman–Crippen MR) is 133 cm³/mol. The third kappa shape index (κ3) is 4.14. The van der Waals surface area contributed by atoms with E-state index >= 15 is 0 Å². The van der Waals surface area contributed by atoms with Crippen molar-refractivity contribution in [2.75, 3.05) is 5.32 Å². The zero-order chi connectivity index (χ0) is 24.3. The van der Waals surface area contributed by atoms with E-state index in [9.17, 15) is 14.4 Å². The summed E-state index contributed by atoms with van der Waals surface area (Å²) in [7, 11) is 1.77. The highest BCUT2D eigenvalue weighted by molar-refractivity contribution is 9.10. The smallest absolute Gasteiger partial charge is 0.307 e. The van der Waals surface area contributed by atoms with Gasteiger partial charge < -0.3 is 10.1 Å². The topological polar surface area (TPSA) is 82.3 Å². The molecule has 34 heavy (non-hydrogen) atoms. The number of hydrogen-bond donors (Lipinski definition) is 1. The van der Waals surface area contributed by atoms with Crippen molar-refractivity contribution in [1.29, 1.82) is 0 Å². The Bertz CT molecular complexity index is 1170. The van der Waals surface area contributed by atoms with Gasteiger partial charge in [-0.05, 0) is 81.8 Å². The van der Waals surface area contributed by atoms with Crippen LogP contribution in [0, 0.1) is 24.2 Å². The summed E-state index contributed by atoms with van der Waals surface area (Å²) in [6.45, 7) is 3.34. The zero-order valence-corrected chi connectivity index (χ0v) is 21.6. The number of esters is 1. The van der Waals surface area contributed by atoms with Crippen LogP contribution in [0.25, 0.3) is 5.69 Å². The maximum atomic E-state index is 13.1. The van der Waals surface area contributed by atoms with Crippen molar-refractivity contribution < 1.29 is 14.3 Å². The Balaban J connectivity index is 1.25. The number of halogens is 1. The number of carbonyl (C=O) groups is 2. The van der Waals surface area contributed by atoms with Gasteiger partial charge in [-0.15, -0.1) is 0 Å². The number of benzene rings is 1. The van der Waals surface area contributed by atoms with E-state index in [0.717, 1.165) is 19.3 Å². The van der Waals surface area contributed by atoms with Crippen molar-refractivity contribution in [2.24, 2.45) is 24.3 Å². The standard InChI is InChI=1S/C26H32BrN3O4/c1-16-22(24(33)30(29(16)3)20-7-5-4-6-8-20)28-23(32)17(2)34-21(31)14-25-10-18-9-19(11-25)13-26(27,12-18)15-25/h4-8,17-19H,9-15H2,1-3H3,(H,28,32). The van der Waals surface area contributed by atoms with Gasteiger partial charge in [0.15, 0.2) is 6.10 Å². The van der Waals surface area contributed by atoms with Crippen LogP contribution in [-0.2, 0) is 21.4 Å². The molecule has 1 N–H and O–H groups in total. The molecule has 4 fully saturated rings. The summed E-state index contributed by atoms with van der Waals surface area (Å²) in [4.78, 5) is 38.8. The molecule has 7 nitrogen and oxygen atoms in total. The van der Waals surface area contributed by atoms with Crippen molar-refractivity contribution in [1.82, 2.24) is 9.36 Å². The number of carbonyl (C=O) groups excluding carboxylic acids is 2. The number of para-hydroxylation sites is 1. The molecule has 0 saturated heterocycles. The van der Waals surface area contributed by atoms with Crippen LogP contribution in [0.15, 0.2) is 35.1 Å².